The van der Waals surface area contributed by atoms with Gasteiger partial charge in [0.1, 0.15) is 5.44 Å². The topological polar surface area (TPSA) is 137 Å². The Hall–Kier alpha value is -0.720. The number of hydrogen-bond acceptors (Lipinski definition) is 6. The lowest BCUT2D eigenvalue weighted by atomic mass is 10.5. The van der Waals surface area contributed by atoms with Crippen LogP contribution in [0.25, 0.3) is 0 Å². The van der Waals surface area contributed by atoms with Gasteiger partial charge >= 0.3 is 21.3 Å². The molecule has 2 atom stereocenters. The molecule has 8 nitrogen and oxygen atoms in total. The molecular weight excluding hydrogens is 260 g/mol. The maximum absolute atomic E-state index is 11.6. The van der Waals surface area contributed by atoms with E-state index in [1.165, 1.54) is 12.1 Å². The van der Waals surface area contributed by atoms with Gasteiger partial charge in [0.05, 0.1) is 0 Å². The van der Waals surface area contributed by atoms with Crippen molar-refractivity contribution in [3.8, 4) is 0 Å². The molecule has 0 aliphatic carbocycles. The molecule has 1 heterocycles. The second-order valence-electron chi connectivity index (χ2n) is 2.67. The standard InChI is InChI=1S/C6H7NO7P2/c8-6(9,14-15(10)11)16(12,13)5-3-1-2-4-7-5/h1-4,8-9H,(H-,10,11,12,13)/p+1. The van der Waals surface area contributed by atoms with Gasteiger partial charge in [0.25, 0.3) is 0 Å². The molecule has 0 saturated heterocycles. The molecule has 0 fully saturated rings. The molecule has 16 heavy (non-hydrogen) atoms. The molecule has 0 amide bonds. The van der Waals surface area contributed by atoms with Crippen molar-refractivity contribution >= 4 is 21.1 Å². The summed E-state index contributed by atoms with van der Waals surface area (Å²) in [6, 6.07) is 3.82. The molecular formula is C6H8NO7P2+. The van der Waals surface area contributed by atoms with Crippen molar-refractivity contribution < 1.29 is 33.7 Å². The fourth-order valence-electron chi connectivity index (χ4n) is 0.842. The SMILES string of the molecule is O=[P+](O)OC(O)(O)P(=O)(O)c1ccccn1. The molecule has 0 saturated carbocycles. The highest BCUT2D eigenvalue weighted by Crippen LogP contribution is 2.52. The molecule has 1 rings (SSSR count). The zero-order valence-electron chi connectivity index (χ0n) is 7.66. The lowest BCUT2D eigenvalue weighted by molar-refractivity contribution is -0.229. The summed E-state index contributed by atoms with van der Waals surface area (Å²) < 4.78 is 25.5. The van der Waals surface area contributed by atoms with E-state index in [1.807, 2.05) is 0 Å². The summed E-state index contributed by atoms with van der Waals surface area (Å²) in [6.07, 6.45) is 1.15. The Morgan fingerprint density at radius 3 is 2.50 bits per heavy atom. The zero-order valence-corrected chi connectivity index (χ0v) is 9.45. The molecule has 4 N–H and O–H groups in total. The number of aromatic nitrogens is 1. The Kier molecular flexibility index (Phi) is 3.88. The van der Waals surface area contributed by atoms with E-state index in [1.54, 1.807) is 0 Å². The van der Waals surface area contributed by atoms with Gasteiger partial charge in [-0.1, -0.05) is 6.07 Å². The van der Waals surface area contributed by atoms with Gasteiger partial charge in [0, 0.05) is 10.8 Å². The summed E-state index contributed by atoms with van der Waals surface area (Å²) >= 11 is 0. The summed E-state index contributed by atoms with van der Waals surface area (Å²) in [5, 5.41) is 18.2. The summed E-state index contributed by atoms with van der Waals surface area (Å²) in [4.78, 5) is 21.1. The average Bonchev–Trinajstić information content (AvgIpc) is 2.17. The number of hydrogen-bond donors (Lipinski definition) is 4. The van der Waals surface area contributed by atoms with Crippen LogP contribution in [-0.2, 0) is 13.7 Å². The van der Waals surface area contributed by atoms with E-state index in [4.69, 9.17) is 15.1 Å². The van der Waals surface area contributed by atoms with Gasteiger partial charge in [-0.2, -0.15) is 0 Å². The van der Waals surface area contributed by atoms with Gasteiger partial charge in [-0.05, 0) is 16.7 Å². The number of nitrogens with zero attached hydrogens (tertiary/aromatic N) is 1. The highest BCUT2D eigenvalue weighted by molar-refractivity contribution is 7.66. The van der Waals surface area contributed by atoms with Crippen molar-refractivity contribution in [1.82, 2.24) is 4.98 Å². The third-order valence-corrected chi connectivity index (χ3v) is 3.88. The molecule has 10 heteroatoms. The van der Waals surface area contributed by atoms with E-state index in [0.717, 1.165) is 12.3 Å². The van der Waals surface area contributed by atoms with Crippen LogP contribution < -0.4 is 5.44 Å². The van der Waals surface area contributed by atoms with Gasteiger partial charge in [-0.3, -0.25) is 9.55 Å². The molecule has 0 bridgehead atoms. The van der Waals surface area contributed by atoms with E-state index >= 15 is 0 Å². The minimum atomic E-state index is -4.87. The zero-order chi connectivity index (χ0) is 12.4. The Bertz CT molecular complexity index is 434. The van der Waals surface area contributed by atoms with Crippen LogP contribution in [0.2, 0.25) is 0 Å². The van der Waals surface area contributed by atoms with Crippen molar-refractivity contribution in [2.24, 2.45) is 0 Å². The monoisotopic (exact) mass is 268 g/mol. The smallest absolute Gasteiger partial charge is 0.334 e. The van der Waals surface area contributed by atoms with E-state index < -0.39 is 26.8 Å². The third-order valence-electron chi connectivity index (χ3n) is 1.56. The summed E-state index contributed by atoms with van der Waals surface area (Å²) in [5.41, 5.74) is -4.22. The number of aliphatic hydroxyl groups is 2. The minimum absolute atomic E-state index is 0.558. The molecule has 2 unspecified atom stereocenters. The van der Waals surface area contributed by atoms with Crippen LogP contribution in [0.15, 0.2) is 24.4 Å². The fourth-order valence-corrected chi connectivity index (χ4v) is 2.51. The first-order valence-corrected chi connectivity index (χ1v) is 6.61. The summed E-state index contributed by atoms with van der Waals surface area (Å²) in [6.45, 7) is 0. The van der Waals surface area contributed by atoms with Crippen LogP contribution in [0.4, 0.5) is 0 Å². The number of pyridine rings is 1. The quantitative estimate of drug-likeness (QED) is 0.413. The molecule has 88 valence electrons. The highest BCUT2D eigenvalue weighted by atomic mass is 31.2. The van der Waals surface area contributed by atoms with Gasteiger partial charge < -0.3 is 15.1 Å². The predicted molar refractivity (Wildman–Crippen MR) is 51.8 cm³/mol. The van der Waals surface area contributed by atoms with Crippen LogP contribution >= 0.6 is 15.6 Å². The van der Waals surface area contributed by atoms with Crippen molar-refractivity contribution in [2.75, 3.05) is 0 Å². The van der Waals surface area contributed by atoms with Gasteiger partial charge in [-0.25, -0.2) is 0 Å². The largest absolute Gasteiger partial charge is 0.701 e. The van der Waals surface area contributed by atoms with E-state index in [-0.39, 0.29) is 0 Å². The van der Waals surface area contributed by atoms with Crippen molar-refractivity contribution in [1.29, 1.82) is 0 Å². The van der Waals surface area contributed by atoms with Gasteiger partial charge in [0.2, 0.25) is 0 Å². The first-order chi connectivity index (χ1) is 7.27. The van der Waals surface area contributed by atoms with Crippen molar-refractivity contribution in [2.45, 2.75) is 5.71 Å². The molecule has 1 aromatic heterocycles. The van der Waals surface area contributed by atoms with Crippen LogP contribution in [0.5, 0.6) is 0 Å². The predicted octanol–water partition coefficient (Wildman–Crippen LogP) is -0.761. The lowest BCUT2D eigenvalue weighted by Gasteiger charge is -2.19. The van der Waals surface area contributed by atoms with Gasteiger partial charge in [-0.15, -0.1) is 4.89 Å². The third kappa shape index (κ3) is 2.69. The van der Waals surface area contributed by atoms with Crippen LogP contribution in [0, 0.1) is 0 Å². The van der Waals surface area contributed by atoms with Crippen molar-refractivity contribution in [3.05, 3.63) is 24.4 Å². The molecule has 1 aromatic rings. The van der Waals surface area contributed by atoms with Crippen LogP contribution in [0.3, 0.4) is 0 Å². The minimum Gasteiger partial charge on any atom is -0.334 e. The van der Waals surface area contributed by atoms with E-state index in [9.17, 15) is 14.0 Å². The molecule has 0 aliphatic rings. The lowest BCUT2D eigenvalue weighted by Crippen LogP contribution is -2.34. The van der Waals surface area contributed by atoms with Crippen molar-refractivity contribution in [3.63, 3.8) is 0 Å². The second-order valence-corrected chi connectivity index (χ2v) is 5.52. The fraction of sp³-hybridized carbons (Fsp3) is 0.167. The second kappa shape index (κ2) is 4.65. The Morgan fingerprint density at radius 1 is 1.44 bits per heavy atom. The first-order valence-electron chi connectivity index (χ1n) is 3.82. The molecule has 0 aliphatic heterocycles. The highest BCUT2D eigenvalue weighted by Gasteiger charge is 2.55. The molecule has 0 radical (unpaired) electrons. The Labute approximate surface area is 90.6 Å². The number of rotatable bonds is 4. The maximum Gasteiger partial charge on any atom is 0.701 e. The average molecular weight is 268 g/mol. The summed E-state index contributed by atoms with van der Waals surface area (Å²) in [5.74, 6) is 0. The molecule has 0 aromatic carbocycles. The summed E-state index contributed by atoms with van der Waals surface area (Å²) in [7, 11) is -8.32. The van der Waals surface area contributed by atoms with E-state index in [2.05, 4.69) is 9.51 Å². The van der Waals surface area contributed by atoms with Crippen LogP contribution in [0.1, 0.15) is 0 Å². The molecule has 0 spiro atoms. The van der Waals surface area contributed by atoms with Gasteiger partial charge in [0.15, 0.2) is 0 Å². The maximum atomic E-state index is 11.6. The normalized spacial score (nSPS) is 16.6. The van der Waals surface area contributed by atoms with E-state index in [0.29, 0.717) is 0 Å². The Morgan fingerprint density at radius 2 is 2.06 bits per heavy atom. The Balaban J connectivity index is 3.11. The van der Waals surface area contributed by atoms with Crippen LogP contribution in [-0.4, -0.2) is 30.7 Å². The first kappa shape index (κ1) is 13.3.